The molecule has 21 heavy (non-hydrogen) atoms. The highest BCUT2D eigenvalue weighted by Crippen LogP contribution is 2.26. The maximum absolute atomic E-state index is 13.8. The van der Waals surface area contributed by atoms with Gasteiger partial charge in [0, 0.05) is 18.1 Å². The molecule has 3 heterocycles. The van der Waals surface area contributed by atoms with Crippen LogP contribution in [0.1, 0.15) is 31.2 Å². The fourth-order valence-corrected chi connectivity index (χ4v) is 2.36. The predicted octanol–water partition coefficient (Wildman–Crippen LogP) is 2.37. The van der Waals surface area contributed by atoms with E-state index < -0.39 is 11.8 Å². The number of pyridine rings is 1. The second kappa shape index (κ2) is 5.61. The van der Waals surface area contributed by atoms with Gasteiger partial charge >= 0.3 is 5.97 Å². The van der Waals surface area contributed by atoms with Gasteiger partial charge in [-0.25, -0.2) is 18.9 Å². The Morgan fingerprint density at radius 2 is 2.38 bits per heavy atom. The van der Waals surface area contributed by atoms with E-state index in [2.05, 4.69) is 10.1 Å². The van der Waals surface area contributed by atoms with Crippen LogP contribution >= 0.6 is 0 Å². The first-order chi connectivity index (χ1) is 10.1. The summed E-state index contributed by atoms with van der Waals surface area (Å²) < 4.78 is 21.1. The molecule has 0 saturated carbocycles. The Morgan fingerprint density at radius 3 is 3.10 bits per heavy atom. The summed E-state index contributed by atoms with van der Waals surface area (Å²) in [5.74, 6) is -1.73. The SMILES string of the molecule is O=C(O)/C=C/c1nc2c(cnn2C2CCCCO2)cc1F. The van der Waals surface area contributed by atoms with Crippen molar-refractivity contribution in [1.29, 1.82) is 0 Å². The van der Waals surface area contributed by atoms with Crippen molar-refractivity contribution in [3.63, 3.8) is 0 Å². The van der Waals surface area contributed by atoms with E-state index in [0.29, 0.717) is 17.6 Å². The predicted molar refractivity (Wildman–Crippen MR) is 73.0 cm³/mol. The number of carboxylic acids is 1. The maximum atomic E-state index is 13.8. The number of hydrogen-bond acceptors (Lipinski definition) is 4. The third kappa shape index (κ3) is 2.78. The first-order valence-corrected chi connectivity index (χ1v) is 6.71. The van der Waals surface area contributed by atoms with Crippen molar-refractivity contribution in [2.24, 2.45) is 0 Å². The molecule has 0 spiro atoms. The van der Waals surface area contributed by atoms with Crippen molar-refractivity contribution >= 4 is 23.1 Å². The van der Waals surface area contributed by atoms with E-state index in [1.165, 1.54) is 12.3 Å². The van der Waals surface area contributed by atoms with Gasteiger partial charge in [-0.2, -0.15) is 5.10 Å². The Labute approximate surface area is 119 Å². The quantitative estimate of drug-likeness (QED) is 0.878. The summed E-state index contributed by atoms with van der Waals surface area (Å²) in [5.41, 5.74) is 0.468. The molecule has 1 saturated heterocycles. The highest BCUT2D eigenvalue weighted by atomic mass is 19.1. The summed E-state index contributed by atoms with van der Waals surface area (Å²) >= 11 is 0. The number of ether oxygens (including phenoxy) is 1. The molecule has 1 unspecified atom stereocenters. The highest BCUT2D eigenvalue weighted by molar-refractivity contribution is 5.85. The van der Waals surface area contributed by atoms with Gasteiger partial charge in [0.25, 0.3) is 0 Å². The fraction of sp³-hybridized carbons (Fsp3) is 0.357. The second-order valence-corrected chi connectivity index (χ2v) is 4.85. The molecule has 0 bridgehead atoms. The first kappa shape index (κ1) is 13.7. The molecular formula is C14H14FN3O3. The van der Waals surface area contributed by atoms with E-state index in [-0.39, 0.29) is 11.9 Å². The molecule has 110 valence electrons. The number of nitrogens with zero attached hydrogens (tertiary/aromatic N) is 3. The molecule has 1 aliphatic rings. The van der Waals surface area contributed by atoms with Gasteiger partial charge in [-0.3, -0.25) is 0 Å². The molecule has 2 aromatic heterocycles. The molecule has 2 aromatic rings. The van der Waals surface area contributed by atoms with Gasteiger partial charge in [0.1, 0.15) is 11.5 Å². The van der Waals surface area contributed by atoms with Crippen LogP contribution in [-0.2, 0) is 9.53 Å². The smallest absolute Gasteiger partial charge is 0.328 e. The number of aromatic nitrogens is 3. The van der Waals surface area contributed by atoms with Crippen LogP contribution < -0.4 is 0 Å². The molecule has 0 aromatic carbocycles. The van der Waals surface area contributed by atoms with Crippen LogP contribution in [0.15, 0.2) is 18.3 Å². The van der Waals surface area contributed by atoms with Crippen LogP contribution in [0.4, 0.5) is 4.39 Å². The third-order valence-electron chi connectivity index (χ3n) is 3.36. The number of halogens is 1. The number of carbonyl (C=O) groups is 1. The van der Waals surface area contributed by atoms with Crippen molar-refractivity contribution in [2.45, 2.75) is 25.5 Å². The summed E-state index contributed by atoms with van der Waals surface area (Å²) in [5, 5.41) is 13.4. The van der Waals surface area contributed by atoms with Crippen molar-refractivity contribution in [2.75, 3.05) is 6.61 Å². The topological polar surface area (TPSA) is 77.2 Å². The Balaban J connectivity index is 2.03. The van der Waals surface area contributed by atoms with Gasteiger partial charge in [-0.05, 0) is 31.4 Å². The number of carboxylic acid groups (broad SMARTS) is 1. The Morgan fingerprint density at radius 1 is 1.52 bits per heavy atom. The van der Waals surface area contributed by atoms with Gasteiger partial charge in [0.05, 0.1) is 6.20 Å². The van der Waals surface area contributed by atoms with Crippen LogP contribution in [0.3, 0.4) is 0 Å². The van der Waals surface area contributed by atoms with Gasteiger partial charge in [0.2, 0.25) is 0 Å². The van der Waals surface area contributed by atoms with E-state index in [4.69, 9.17) is 9.84 Å². The summed E-state index contributed by atoms with van der Waals surface area (Å²) in [4.78, 5) is 14.7. The minimum absolute atomic E-state index is 0.0255. The van der Waals surface area contributed by atoms with Gasteiger partial charge < -0.3 is 9.84 Å². The maximum Gasteiger partial charge on any atom is 0.328 e. The average Bonchev–Trinajstić information content (AvgIpc) is 2.88. The summed E-state index contributed by atoms with van der Waals surface area (Å²) in [6.07, 6.45) is 6.21. The summed E-state index contributed by atoms with van der Waals surface area (Å²) in [7, 11) is 0. The minimum Gasteiger partial charge on any atom is -0.478 e. The average molecular weight is 291 g/mol. The van der Waals surface area contributed by atoms with Crippen LogP contribution in [0.25, 0.3) is 17.1 Å². The van der Waals surface area contributed by atoms with Crippen LogP contribution in [0.2, 0.25) is 0 Å². The number of hydrogen-bond donors (Lipinski definition) is 1. The lowest BCUT2D eigenvalue weighted by molar-refractivity contribution is -0.131. The molecule has 1 atom stereocenters. The van der Waals surface area contributed by atoms with E-state index in [0.717, 1.165) is 31.4 Å². The molecular weight excluding hydrogens is 277 g/mol. The molecule has 6 nitrogen and oxygen atoms in total. The van der Waals surface area contributed by atoms with Crippen molar-refractivity contribution in [3.05, 3.63) is 29.9 Å². The molecule has 0 radical (unpaired) electrons. The van der Waals surface area contributed by atoms with Gasteiger partial charge in [-0.15, -0.1) is 0 Å². The molecule has 1 aliphatic heterocycles. The third-order valence-corrected chi connectivity index (χ3v) is 3.36. The lowest BCUT2D eigenvalue weighted by atomic mass is 10.2. The number of aliphatic carboxylic acids is 1. The van der Waals surface area contributed by atoms with Gasteiger partial charge in [0.15, 0.2) is 11.9 Å². The van der Waals surface area contributed by atoms with E-state index >= 15 is 0 Å². The largest absolute Gasteiger partial charge is 0.478 e. The highest BCUT2D eigenvalue weighted by Gasteiger charge is 2.20. The monoisotopic (exact) mass is 291 g/mol. The van der Waals surface area contributed by atoms with Crippen LogP contribution in [-0.4, -0.2) is 32.4 Å². The molecule has 0 aliphatic carbocycles. The van der Waals surface area contributed by atoms with Crippen molar-refractivity contribution in [1.82, 2.24) is 14.8 Å². The Kier molecular flexibility index (Phi) is 3.66. The lowest BCUT2D eigenvalue weighted by Gasteiger charge is -2.23. The molecule has 1 fully saturated rings. The molecule has 1 N–H and O–H groups in total. The Bertz CT molecular complexity index is 705. The van der Waals surface area contributed by atoms with Crippen LogP contribution in [0, 0.1) is 5.82 Å². The van der Waals surface area contributed by atoms with Crippen LogP contribution in [0.5, 0.6) is 0 Å². The standard InChI is InChI=1S/C14H14FN3O3/c15-10-7-9-8-16-18(12-3-1-2-6-21-12)14(9)17-11(10)4-5-13(19)20/h4-5,7-8,12H,1-3,6H2,(H,19,20)/b5-4+. The van der Waals surface area contributed by atoms with E-state index in [9.17, 15) is 9.18 Å². The zero-order valence-corrected chi connectivity index (χ0v) is 11.2. The van der Waals surface area contributed by atoms with Crippen molar-refractivity contribution < 1.29 is 19.0 Å². The normalized spacial score (nSPS) is 19.4. The first-order valence-electron chi connectivity index (χ1n) is 6.71. The van der Waals surface area contributed by atoms with Crippen molar-refractivity contribution in [3.8, 4) is 0 Å². The number of rotatable bonds is 3. The Hall–Kier alpha value is -2.28. The van der Waals surface area contributed by atoms with Gasteiger partial charge in [-0.1, -0.05) is 0 Å². The lowest BCUT2D eigenvalue weighted by Crippen LogP contribution is -2.19. The zero-order valence-electron chi connectivity index (χ0n) is 11.2. The zero-order chi connectivity index (χ0) is 14.8. The van der Waals surface area contributed by atoms with E-state index in [1.54, 1.807) is 4.68 Å². The van der Waals surface area contributed by atoms with E-state index in [1.807, 2.05) is 0 Å². The molecule has 7 heteroatoms. The number of fused-ring (bicyclic) bond motifs is 1. The summed E-state index contributed by atoms with van der Waals surface area (Å²) in [6, 6.07) is 1.30. The fourth-order valence-electron chi connectivity index (χ4n) is 2.36. The minimum atomic E-state index is -1.15. The summed E-state index contributed by atoms with van der Waals surface area (Å²) in [6.45, 7) is 0.666. The molecule has 3 rings (SSSR count). The second-order valence-electron chi connectivity index (χ2n) is 4.85. The molecule has 0 amide bonds.